The van der Waals surface area contributed by atoms with E-state index in [1.807, 2.05) is 30.3 Å². The topological polar surface area (TPSA) is 49.4 Å². The molecule has 0 aliphatic heterocycles. The van der Waals surface area contributed by atoms with E-state index in [9.17, 15) is 9.59 Å². The summed E-state index contributed by atoms with van der Waals surface area (Å²) in [6.07, 6.45) is 0.959. The fourth-order valence-electron chi connectivity index (χ4n) is 3.47. The fourth-order valence-corrected chi connectivity index (χ4v) is 3.60. The summed E-state index contributed by atoms with van der Waals surface area (Å²) in [5.41, 5.74) is 2.07. The third-order valence-corrected chi connectivity index (χ3v) is 5.42. The molecule has 0 bridgehead atoms. The number of benzene rings is 3. The Hall–Kier alpha value is -2.85. The van der Waals surface area contributed by atoms with E-state index in [4.69, 9.17) is 11.6 Å². The van der Waals surface area contributed by atoms with Gasteiger partial charge in [0.05, 0.1) is 0 Å². The number of hydrogen-bond donors (Lipinski definition) is 1. The van der Waals surface area contributed by atoms with Crippen LogP contribution in [0.4, 0.5) is 0 Å². The van der Waals surface area contributed by atoms with Crippen LogP contribution in [0.5, 0.6) is 0 Å². The number of rotatable bonds is 7. The van der Waals surface area contributed by atoms with Gasteiger partial charge >= 0.3 is 0 Å². The highest BCUT2D eigenvalue weighted by Crippen LogP contribution is 2.21. The van der Waals surface area contributed by atoms with E-state index >= 15 is 0 Å². The van der Waals surface area contributed by atoms with E-state index in [0.717, 1.165) is 21.9 Å². The van der Waals surface area contributed by atoms with E-state index in [0.29, 0.717) is 24.4 Å². The lowest BCUT2D eigenvalue weighted by molar-refractivity contribution is -0.140. The molecule has 0 fully saturated rings. The first-order valence-electron chi connectivity index (χ1n) is 9.71. The van der Waals surface area contributed by atoms with E-state index in [1.165, 1.54) is 0 Å². The Morgan fingerprint density at radius 3 is 2.41 bits per heavy atom. The summed E-state index contributed by atoms with van der Waals surface area (Å²) >= 11 is 5.97. The largest absolute Gasteiger partial charge is 0.357 e. The number of fused-ring (bicyclic) bond motifs is 1. The van der Waals surface area contributed by atoms with Crippen molar-refractivity contribution in [2.75, 3.05) is 7.05 Å². The summed E-state index contributed by atoms with van der Waals surface area (Å²) in [4.78, 5) is 27.0. The van der Waals surface area contributed by atoms with Crippen molar-refractivity contribution >= 4 is 34.2 Å². The summed E-state index contributed by atoms with van der Waals surface area (Å²) in [5, 5.41) is 5.60. The Labute approximate surface area is 176 Å². The van der Waals surface area contributed by atoms with Crippen molar-refractivity contribution in [3.63, 3.8) is 0 Å². The molecule has 0 heterocycles. The van der Waals surface area contributed by atoms with Crippen LogP contribution in [0.1, 0.15) is 24.5 Å². The first-order chi connectivity index (χ1) is 14.0. The molecule has 2 amide bonds. The molecule has 0 spiro atoms. The second-order valence-electron chi connectivity index (χ2n) is 7.08. The van der Waals surface area contributed by atoms with Gasteiger partial charge in [-0.05, 0) is 47.4 Å². The molecule has 0 aliphatic rings. The summed E-state index contributed by atoms with van der Waals surface area (Å²) in [5.74, 6) is -0.235. The number of likely N-dealkylation sites (N-methyl/N-ethyl adjacent to an activating group) is 1. The molecule has 29 heavy (non-hydrogen) atoms. The van der Waals surface area contributed by atoms with Crippen molar-refractivity contribution < 1.29 is 9.59 Å². The molecule has 0 radical (unpaired) electrons. The number of amides is 2. The van der Waals surface area contributed by atoms with Gasteiger partial charge in [0.25, 0.3) is 0 Å². The number of carbonyl (C=O) groups is 2. The van der Waals surface area contributed by atoms with E-state index < -0.39 is 6.04 Å². The number of carbonyl (C=O) groups excluding carboxylic acids is 2. The van der Waals surface area contributed by atoms with Gasteiger partial charge < -0.3 is 10.2 Å². The molecule has 0 saturated carbocycles. The van der Waals surface area contributed by atoms with Gasteiger partial charge in [0.2, 0.25) is 11.8 Å². The first kappa shape index (κ1) is 20.9. The van der Waals surface area contributed by atoms with Crippen molar-refractivity contribution in [2.24, 2.45) is 0 Å². The van der Waals surface area contributed by atoms with Gasteiger partial charge in [0.15, 0.2) is 0 Å². The molecular formula is C24H25ClN2O2. The Morgan fingerprint density at radius 1 is 1.00 bits per heavy atom. The Balaban J connectivity index is 1.78. The van der Waals surface area contributed by atoms with Crippen LogP contribution in [0.15, 0.2) is 66.7 Å². The van der Waals surface area contributed by atoms with E-state index in [-0.39, 0.29) is 11.8 Å². The number of halogens is 1. The second-order valence-corrected chi connectivity index (χ2v) is 7.51. The first-order valence-corrected chi connectivity index (χ1v) is 10.1. The summed E-state index contributed by atoms with van der Waals surface area (Å²) in [6.45, 7) is 2.12. The van der Waals surface area contributed by atoms with Crippen molar-refractivity contribution in [1.29, 1.82) is 0 Å². The smallest absolute Gasteiger partial charge is 0.242 e. The number of nitrogens with zero attached hydrogens (tertiary/aromatic N) is 1. The molecule has 0 saturated heterocycles. The number of aryl methyl sites for hydroxylation is 1. The highest BCUT2D eigenvalue weighted by molar-refractivity contribution is 6.30. The van der Waals surface area contributed by atoms with Gasteiger partial charge in [-0.15, -0.1) is 0 Å². The highest BCUT2D eigenvalue weighted by Gasteiger charge is 2.25. The van der Waals surface area contributed by atoms with Crippen LogP contribution in [0.25, 0.3) is 10.8 Å². The lowest BCUT2D eigenvalue weighted by atomic mass is 10.0. The van der Waals surface area contributed by atoms with E-state index in [2.05, 4.69) is 29.6 Å². The third kappa shape index (κ3) is 5.15. The van der Waals surface area contributed by atoms with Gasteiger partial charge in [-0.25, -0.2) is 0 Å². The average molecular weight is 409 g/mol. The van der Waals surface area contributed by atoms with Crippen LogP contribution in [0.3, 0.4) is 0 Å². The van der Waals surface area contributed by atoms with Gasteiger partial charge in [-0.2, -0.15) is 0 Å². The lowest BCUT2D eigenvalue weighted by Gasteiger charge is -2.28. The molecule has 5 heteroatoms. The normalized spacial score (nSPS) is 11.8. The monoisotopic (exact) mass is 408 g/mol. The van der Waals surface area contributed by atoms with Crippen LogP contribution in [0.2, 0.25) is 5.02 Å². The van der Waals surface area contributed by atoms with Crippen molar-refractivity contribution in [3.05, 3.63) is 82.9 Å². The molecule has 150 valence electrons. The summed E-state index contributed by atoms with van der Waals surface area (Å²) in [7, 11) is 1.58. The van der Waals surface area contributed by atoms with Crippen molar-refractivity contribution in [1.82, 2.24) is 10.2 Å². The quantitative estimate of drug-likeness (QED) is 0.621. The van der Waals surface area contributed by atoms with Crippen molar-refractivity contribution in [2.45, 2.75) is 32.4 Å². The predicted octanol–water partition coefficient (Wildman–Crippen LogP) is 4.59. The van der Waals surface area contributed by atoms with Gasteiger partial charge in [0, 0.05) is 25.0 Å². The SMILES string of the molecule is CNC(=O)C(C)N(Cc1ccc(Cl)cc1)C(=O)CCc1cccc2ccccc12. The summed E-state index contributed by atoms with van der Waals surface area (Å²) in [6, 6.07) is 21.1. The highest BCUT2D eigenvalue weighted by atomic mass is 35.5. The van der Waals surface area contributed by atoms with Crippen LogP contribution < -0.4 is 5.32 Å². The Bertz CT molecular complexity index is 996. The van der Waals surface area contributed by atoms with Gasteiger partial charge in [-0.1, -0.05) is 66.2 Å². The van der Waals surface area contributed by atoms with E-state index in [1.54, 1.807) is 31.0 Å². The Kier molecular flexibility index (Phi) is 6.89. The van der Waals surface area contributed by atoms with Crippen LogP contribution in [-0.4, -0.2) is 29.8 Å². The molecule has 0 aromatic heterocycles. The molecule has 0 aliphatic carbocycles. The van der Waals surface area contributed by atoms with Gasteiger partial charge in [0.1, 0.15) is 6.04 Å². The molecular weight excluding hydrogens is 384 g/mol. The maximum atomic E-state index is 13.1. The molecule has 1 unspecified atom stereocenters. The molecule has 1 atom stereocenters. The molecule has 1 N–H and O–H groups in total. The van der Waals surface area contributed by atoms with Gasteiger partial charge in [-0.3, -0.25) is 9.59 Å². The maximum Gasteiger partial charge on any atom is 0.242 e. The standard InChI is InChI=1S/C24H25ClN2O2/c1-17(24(29)26-2)27(16-18-10-13-21(25)14-11-18)23(28)15-12-20-8-5-7-19-6-3-4-9-22(19)20/h3-11,13-14,17H,12,15-16H2,1-2H3,(H,26,29). The molecule has 3 rings (SSSR count). The number of hydrogen-bond acceptors (Lipinski definition) is 2. The zero-order valence-electron chi connectivity index (χ0n) is 16.7. The molecule has 3 aromatic carbocycles. The second kappa shape index (κ2) is 9.57. The lowest BCUT2D eigenvalue weighted by Crippen LogP contribution is -2.46. The average Bonchev–Trinajstić information content (AvgIpc) is 2.76. The third-order valence-electron chi connectivity index (χ3n) is 5.17. The minimum Gasteiger partial charge on any atom is -0.357 e. The molecule has 3 aromatic rings. The van der Waals surface area contributed by atoms with Crippen LogP contribution >= 0.6 is 11.6 Å². The maximum absolute atomic E-state index is 13.1. The fraction of sp³-hybridized carbons (Fsp3) is 0.250. The Morgan fingerprint density at radius 2 is 1.69 bits per heavy atom. The van der Waals surface area contributed by atoms with Crippen LogP contribution in [-0.2, 0) is 22.6 Å². The molecule has 4 nitrogen and oxygen atoms in total. The predicted molar refractivity (Wildman–Crippen MR) is 118 cm³/mol. The zero-order chi connectivity index (χ0) is 20.8. The minimum absolute atomic E-state index is 0.0519. The minimum atomic E-state index is -0.560. The zero-order valence-corrected chi connectivity index (χ0v) is 17.4. The summed E-state index contributed by atoms with van der Waals surface area (Å²) < 4.78 is 0. The van der Waals surface area contributed by atoms with Crippen molar-refractivity contribution in [3.8, 4) is 0 Å². The number of nitrogens with one attached hydrogen (secondary N) is 1. The van der Waals surface area contributed by atoms with Crippen LogP contribution in [0, 0.1) is 0 Å².